The van der Waals surface area contributed by atoms with E-state index in [2.05, 4.69) is 56.4 Å². The average Bonchev–Trinajstić information content (AvgIpc) is 3.34. The van der Waals surface area contributed by atoms with Gasteiger partial charge in [-0.1, -0.05) is 12.1 Å². The number of nitrogens with zero attached hydrogens (tertiary/aromatic N) is 4. The van der Waals surface area contributed by atoms with Crippen LogP contribution in [0.2, 0.25) is 0 Å². The van der Waals surface area contributed by atoms with Crippen molar-refractivity contribution in [1.82, 2.24) is 19.5 Å². The molecule has 0 bridgehead atoms. The van der Waals surface area contributed by atoms with E-state index >= 15 is 0 Å². The number of hydrogen-bond donors (Lipinski definition) is 2. The number of ether oxygens (including phenoxy) is 1. The van der Waals surface area contributed by atoms with Gasteiger partial charge in [0.05, 0.1) is 23.6 Å². The van der Waals surface area contributed by atoms with Crippen LogP contribution < -0.4 is 11.1 Å². The Labute approximate surface area is 187 Å². The van der Waals surface area contributed by atoms with Crippen LogP contribution in [0.1, 0.15) is 43.7 Å². The van der Waals surface area contributed by atoms with Gasteiger partial charge in [-0.05, 0) is 67.9 Å². The van der Waals surface area contributed by atoms with E-state index < -0.39 is 0 Å². The number of pyridine rings is 1. The van der Waals surface area contributed by atoms with Crippen LogP contribution in [-0.2, 0) is 11.3 Å². The van der Waals surface area contributed by atoms with Crippen molar-refractivity contribution in [3.8, 4) is 0 Å². The lowest BCUT2D eigenvalue weighted by Gasteiger charge is -2.15. The van der Waals surface area contributed by atoms with Crippen molar-refractivity contribution in [2.45, 2.75) is 50.9 Å². The number of benzene rings is 1. The van der Waals surface area contributed by atoms with Gasteiger partial charge in [0.15, 0.2) is 0 Å². The van der Waals surface area contributed by atoms with Gasteiger partial charge in [-0.2, -0.15) is 0 Å². The Morgan fingerprint density at radius 1 is 1.06 bits per heavy atom. The van der Waals surface area contributed by atoms with Gasteiger partial charge < -0.3 is 20.4 Å². The van der Waals surface area contributed by atoms with Crippen LogP contribution in [0.4, 0.5) is 11.6 Å². The number of rotatable bonds is 7. The first kappa shape index (κ1) is 19.5. The fourth-order valence-corrected chi connectivity index (χ4v) is 4.74. The third-order valence-electron chi connectivity index (χ3n) is 6.80. The summed E-state index contributed by atoms with van der Waals surface area (Å²) in [6.45, 7) is 1.63. The first-order valence-corrected chi connectivity index (χ1v) is 11.5. The number of fused-ring (bicyclic) bond motifs is 2. The van der Waals surface area contributed by atoms with Crippen molar-refractivity contribution < 1.29 is 4.74 Å². The maximum Gasteiger partial charge on any atom is 0.145 e. The molecule has 0 saturated heterocycles. The smallest absolute Gasteiger partial charge is 0.145 e. The van der Waals surface area contributed by atoms with E-state index in [1.165, 1.54) is 24.7 Å². The molecule has 3 heterocycles. The Kier molecular flexibility index (Phi) is 4.91. The molecule has 2 aliphatic rings. The number of nitrogens with two attached hydrogens (primary N) is 1. The maximum atomic E-state index is 6.31. The predicted molar refractivity (Wildman–Crippen MR) is 126 cm³/mol. The highest BCUT2D eigenvalue weighted by Gasteiger charge is 2.28. The molecule has 7 nitrogen and oxygen atoms in total. The highest BCUT2D eigenvalue weighted by molar-refractivity contribution is 5.86. The Hall–Kier alpha value is -3.19. The van der Waals surface area contributed by atoms with Crippen LogP contribution in [0.5, 0.6) is 0 Å². The Balaban J connectivity index is 1.10. The van der Waals surface area contributed by atoms with Gasteiger partial charge in [0.2, 0.25) is 0 Å². The molecule has 1 aromatic carbocycles. The second-order valence-corrected chi connectivity index (χ2v) is 9.17. The molecule has 2 saturated carbocycles. The highest BCUT2D eigenvalue weighted by Crippen LogP contribution is 2.35. The average molecular weight is 429 g/mol. The van der Waals surface area contributed by atoms with E-state index in [4.69, 9.17) is 15.5 Å². The molecule has 3 aromatic heterocycles. The summed E-state index contributed by atoms with van der Waals surface area (Å²) >= 11 is 0. The van der Waals surface area contributed by atoms with Crippen LogP contribution in [0.3, 0.4) is 0 Å². The van der Waals surface area contributed by atoms with Crippen molar-refractivity contribution in [2.75, 3.05) is 17.6 Å². The van der Waals surface area contributed by atoms with Gasteiger partial charge in [-0.25, -0.2) is 15.0 Å². The Morgan fingerprint density at radius 2 is 1.97 bits per heavy atom. The molecule has 0 spiro atoms. The molecule has 2 atom stereocenters. The molecule has 0 radical (unpaired) electrons. The third-order valence-corrected chi connectivity index (χ3v) is 6.80. The SMILES string of the molecule is Nc1ncnc2c1ccn2C1CCC(OCc2ccc3ccc(NCC4CC4)nc3c2)C1. The van der Waals surface area contributed by atoms with Gasteiger partial charge in [0, 0.05) is 24.2 Å². The molecule has 3 N–H and O–H groups in total. The standard InChI is InChI=1S/C25H28N6O/c26-24-21-9-10-31(25(21)29-15-28-24)19-6-7-20(12-19)32-14-17-3-4-18-5-8-23(30-22(18)11-17)27-13-16-1-2-16/h3-5,8-11,15-16,19-20H,1-2,6-7,12-14H2,(H,27,30)(H2,26,28,29). The lowest BCUT2D eigenvalue weighted by atomic mass is 10.1. The van der Waals surface area contributed by atoms with Gasteiger partial charge in [0.1, 0.15) is 23.6 Å². The molecule has 2 aliphatic carbocycles. The highest BCUT2D eigenvalue weighted by atomic mass is 16.5. The van der Waals surface area contributed by atoms with Gasteiger partial charge >= 0.3 is 0 Å². The second kappa shape index (κ2) is 8.06. The molecule has 164 valence electrons. The zero-order chi connectivity index (χ0) is 21.5. The van der Waals surface area contributed by atoms with E-state index in [1.54, 1.807) is 0 Å². The van der Waals surface area contributed by atoms with Crippen molar-refractivity contribution in [3.05, 3.63) is 54.5 Å². The topological polar surface area (TPSA) is 90.9 Å². The summed E-state index contributed by atoms with van der Waals surface area (Å²) in [5.41, 5.74) is 9.09. The Bertz CT molecular complexity index is 1260. The van der Waals surface area contributed by atoms with Crippen LogP contribution >= 0.6 is 0 Å². The van der Waals surface area contributed by atoms with Crippen LogP contribution in [-0.4, -0.2) is 32.2 Å². The number of aromatic nitrogens is 4. The zero-order valence-corrected chi connectivity index (χ0v) is 18.1. The molecule has 6 rings (SSSR count). The molecule has 0 amide bonds. The lowest BCUT2D eigenvalue weighted by molar-refractivity contribution is 0.0434. The van der Waals surface area contributed by atoms with Crippen molar-refractivity contribution >= 4 is 33.6 Å². The predicted octanol–water partition coefficient (Wildman–Crippen LogP) is 4.69. The maximum absolute atomic E-state index is 6.31. The first-order chi connectivity index (χ1) is 15.7. The van der Waals surface area contributed by atoms with E-state index in [0.29, 0.717) is 18.5 Å². The summed E-state index contributed by atoms with van der Waals surface area (Å²) < 4.78 is 8.53. The molecule has 4 aromatic rings. The van der Waals surface area contributed by atoms with Crippen molar-refractivity contribution in [2.24, 2.45) is 5.92 Å². The molecule has 2 unspecified atom stereocenters. The minimum absolute atomic E-state index is 0.242. The van der Waals surface area contributed by atoms with Crippen LogP contribution in [0.25, 0.3) is 21.9 Å². The monoisotopic (exact) mass is 428 g/mol. The first-order valence-electron chi connectivity index (χ1n) is 11.5. The quantitative estimate of drug-likeness (QED) is 0.444. The minimum atomic E-state index is 0.242. The second-order valence-electron chi connectivity index (χ2n) is 9.17. The summed E-state index contributed by atoms with van der Waals surface area (Å²) in [5, 5.41) is 5.55. The molecule has 7 heteroatoms. The molecular weight excluding hydrogens is 400 g/mol. The van der Waals surface area contributed by atoms with Crippen molar-refractivity contribution in [1.29, 1.82) is 0 Å². The number of hydrogen-bond acceptors (Lipinski definition) is 6. The molecule has 0 aliphatic heterocycles. The lowest BCUT2D eigenvalue weighted by Crippen LogP contribution is -2.11. The molecule has 32 heavy (non-hydrogen) atoms. The summed E-state index contributed by atoms with van der Waals surface area (Å²) in [7, 11) is 0. The van der Waals surface area contributed by atoms with Crippen molar-refractivity contribution in [3.63, 3.8) is 0 Å². The summed E-state index contributed by atoms with van der Waals surface area (Å²) in [5.74, 6) is 2.33. The number of nitrogen functional groups attached to an aromatic ring is 1. The van der Waals surface area contributed by atoms with E-state index in [9.17, 15) is 0 Å². The Morgan fingerprint density at radius 3 is 2.88 bits per heavy atom. The molecular formula is C25H28N6O. The summed E-state index contributed by atoms with van der Waals surface area (Å²) in [4.78, 5) is 13.3. The third kappa shape index (κ3) is 3.88. The number of anilines is 2. The van der Waals surface area contributed by atoms with E-state index in [-0.39, 0.29) is 6.10 Å². The van der Waals surface area contributed by atoms with Gasteiger partial charge in [0.25, 0.3) is 0 Å². The van der Waals surface area contributed by atoms with Crippen LogP contribution in [0, 0.1) is 5.92 Å². The van der Waals surface area contributed by atoms with Gasteiger partial charge in [-0.3, -0.25) is 0 Å². The largest absolute Gasteiger partial charge is 0.383 e. The molecule has 2 fully saturated rings. The fraction of sp³-hybridized carbons (Fsp3) is 0.400. The van der Waals surface area contributed by atoms with Crippen LogP contribution in [0.15, 0.2) is 48.9 Å². The van der Waals surface area contributed by atoms with E-state index in [0.717, 1.165) is 59.5 Å². The summed E-state index contributed by atoms with van der Waals surface area (Å²) in [6, 6.07) is 13.0. The summed E-state index contributed by atoms with van der Waals surface area (Å²) in [6.07, 6.45) is 9.64. The minimum Gasteiger partial charge on any atom is -0.383 e. The zero-order valence-electron chi connectivity index (χ0n) is 18.1. The normalized spacial score (nSPS) is 20.9. The van der Waals surface area contributed by atoms with E-state index in [1.807, 2.05) is 6.07 Å². The van der Waals surface area contributed by atoms with Gasteiger partial charge in [-0.15, -0.1) is 0 Å². The fourth-order valence-electron chi connectivity index (χ4n) is 4.74. The number of nitrogens with one attached hydrogen (secondary N) is 1.